The minimum Gasteiger partial charge on any atom is -0.494 e. The summed E-state index contributed by atoms with van der Waals surface area (Å²) in [7, 11) is 0. The molecule has 0 bridgehead atoms. The standard InChI is InChI=1S/C17H26N2OS/c1-3-5-6-7-8-9-12-18-17-19-15-11-10-14(20-4-2)13-16(15)21-17/h10-11,13H,3-9,12H2,1-2H3,(H,18,19). The summed E-state index contributed by atoms with van der Waals surface area (Å²) in [6, 6.07) is 6.10. The number of benzene rings is 1. The molecule has 1 aromatic heterocycles. The van der Waals surface area contributed by atoms with Gasteiger partial charge in [-0.05, 0) is 31.5 Å². The Morgan fingerprint density at radius 1 is 1.10 bits per heavy atom. The molecule has 0 aliphatic rings. The first-order valence-electron chi connectivity index (χ1n) is 8.10. The van der Waals surface area contributed by atoms with Gasteiger partial charge in [0, 0.05) is 6.54 Å². The summed E-state index contributed by atoms with van der Waals surface area (Å²) in [6.45, 7) is 5.98. The fourth-order valence-electron chi connectivity index (χ4n) is 2.34. The van der Waals surface area contributed by atoms with E-state index in [0.717, 1.165) is 22.9 Å². The molecule has 1 heterocycles. The summed E-state index contributed by atoms with van der Waals surface area (Å²) in [5, 5.41) is 4.46. The zero-order valence-electron chi connectivity index (χ0n) is 13.2. The maximum Gasteiger partial charge on any atom is 0.183 e. The minimum atomic E-state index is 0.702. The molecule has 0 atom stereocenters. The van der Waals surface area contributed by atoms with Gasteiger partial charge in [0.05, 0.1) is 16.8 Å². The fraction of sp³-hybridized carbons (Fsp3) is 0.588. The Morgan fingerprint density at radius 3 is 2.71 bits per heavy atom. The van der Waals surface area contributed by atoms with E-state index in [1.807, 2.05) is 19.1 Å². The average molecular weight is 306 g/mol. The maximum absolute atomic E-state index is 5.53. The van der Waals surface area contributed by atoms with Crippen molar-refractivity contribution in [2.75, 3.05) is 18.5 Å². The van der Waals surface area contributed by atoms with Gasteiger partial charge in [0.15, 0.2) is 5.13 Å². The molecule has 4 heteroatoms. The maximum atomic E-state index is 5.53. The second kappa shape index (κ2) is 8.88. The van der Waals surface area contributed by atoms with Gasteiger partial charge >= 0.3 is 0 Å². The quantitative estimate of drug-likeness (QED) is 0.591. The highest BCUT2D eigenvalue weighted by atomic mass is 32.1. The van der Waals surface area contributed by atoms with Crippen molar-refractivity contribution in [3.05, 3.63) is 18.2 Å². The van der Waals surface area contributed by atoms with Gasteiger partial charge in [0.1, 0.15) is 5.75 Å². The Morgan fingerprint density at radius 2 is 1.90 bits per heavy atom. The summed E-state index contributed by atoms with van der Waals surface area (Å²) in [5.41, 5.74) is 1.05. The van der Waals surface area contributed by atoms with Crippen LogP contribution < -0.4 is 10.1 Å². The first-order valence-corrected chi connectivity index (χ1v) is 8.92. The molecule has 0 amide bonds. The van der Waals surface area contributed by atoms with Gasteiger partial charge in [-0.1, -0.05) is 50.4 Å². The van der Waals surface area contributed by atoms with Crippen LogP contribution in [0.4, 0.5) is 5.13 Å². The Labute approximate surface area is 131 Å². The van der Waals surface area contributed by atoms with Crippen molar-refractivity contribution in [2.45, 2.75) is 52.4 Å². The van der Waals surface area contributed by atoms with E-state index >= 15 is 0 Å². The van der Waals surface area contributed by atoms with Gasteiger partial charge in [-0.2, -0.15) is 0 Å². The van der Waals surface area contributed by atoms with Crippen LogP contribution in [0.15, 0.2) is 18.2 Å². The van der Waals surface area contributed by atoms with Crippen LogP contribution in [0.25, 0.3) is 10.2 Å². The van der Waals surface area contributed by atoms with E-state index in [1.165, 1.54) is 43.2 Å². The smallest absolute Gasteiger partial charge is 0.183 e. The van der Waals surface area contributed by atoms with Crippen LogP contribution >= 0.6 is 11.3 Å². The normalized spacial score (nSPS) is 11.0. The number of thiazole rings is 1. The molecule has 3 nitrogen and oxygen atoms in total. The van der Waals surface area contributed by atoms with E-state index in [1.54, 1.807) is 11.3 Å². The first-order chi connectivity index (χ1) is 10.3. The third-order valence-electron chi connectivity index (χ3n) is 3.48. The number of unbranched alkanes of at least 4 members (excludes halogenated alkanes) is 5. The molecule has 0 spiro atoms. The number of fused-ring (bicyclic) bond motifs is 1. The van der Waals surface area contributed by atoms with Crippen LogP contribution in [-0.4, -0.2) is 18.1 Å². The molecule has 0 unspecified atom stereocenters. The molecule has 1 aromatic carbocycles. The van der Waals surface area contributed by atoms with Gasteiger partial charge in [-0.15, -0.1) is 0 Å². The lowest BCUT2D eigenvalue weighted by atomic mass is 10.1. The van der Waals surface area contributed by atoms with Crippen molar-refractivity contribution < 1.29 is 4.74 Å². The molecule has 21 heavy (non-hydrogen) atoms. The summed E-state index contributed by atoms with van der Waals surface area (Å²) in [6.07, 6.45) is 7.95. The van der Waals surface area contributed by atoms with E-state index in [-0.39, 0.29) is 0 Å². The molecule has 0 aliphatic heterocycles. The van der Waals surface area contributed by atoms with Crippen molar-refractivity contribution in [3.63, 3.8) is 0 Å². The number of ether oxygens (including phenoxy) is 1. The third kappa shape index (κ3) is 5.20. The highest BCUT2D eigenvalue weighted by molar-refractivity contribution is 7.22. The molecule has 2 rings (SSSR count). The molecular weight excluding hydrogens is 280 g/mol. The second-order valence-electron chi connectivity index (χ2n) is 5.28. The Balaban J connectivity index is 1.77. The highest BCUT2D eigenvalue weighted by Gasteiger charge is 2.04. The van der Waals surface area contributed by atoms with Gasteiger partial charge in [0.2, 0.25) is 0 Å². The average Bonchev–Trinajstić information content (AvgIpc) is 2.88. The van der Waals surface area contributed by atoms with Gasteiger partial charge in [-0.25, -0.2) is 4.98 Å². The minimum absolute atomic E-state index is 0.702. The number of hydrogen-bond donors (Lipinski definition) is 1. The molecule has 116 valence electrons. The Hall–Kier alpha value is -1.29. The lowest BCUT2D eigenvalue weighted by molar-refractivity contribution is 0.341. The molecule has 0 saturated carbocycles. The van der Waals surface area contributed by atoms with Crippen molar-refractivity contribution in [1.29, 1.82) is 0 Å². The zero-order valence-corrected chi connectivity index (χ0v) is 14.0. The van der Waals surface area contributed by atoms with Crippen LogP contribution in [0.3, 0.4) is 0 Å². The third-order valence-corrected chi connectivity index (χ3v) is 4.45. The summed E-state index contributed by atoms with van der Waals surface area (Å²) in [4.78, 5) is 4.61. The molecule has 0 fully saturated rings. The Kier molecular flexibility index (Phi) is 6.80. The van der Waals surface area contributed by atoms with Gasteiger partial charge in [-0.3, -0.25) is 0 Å². The summed E-state index contributed by atoms with van der Waals surface area (Å²) < 4.78 is 6.71. The second-order valence-corrected chi connectivity index (χ2v) is 6.31. The number of hydrogen-bond acceptors (Lipinski definition) is 4. The van der Waals surface area contributed by atoms with Crippen molar-refractivity contribution >= 4 is 26.7 Å². The number of nitrogens with zero attached hydrogens (tertiary/aromatic N) is 1. The molecule has 0 saturated heterocycles. The van der Waals surface area contributed by atoms with Crippen LogP contribution in [0, 0.1) is 0 Å². The Bertz CT molecular complexity index is 539. The molecule has 2 aromatic rings. The van der Waals surface area contributed by atoms with Crippen molar-refractivity contribution in [1.82, 2.24) is 4.98 Å². The van der Waals surface area contributed by atoms with Gasteiger partial charge in [0.25, 0.3) is 0 Å². The molecular formula is C17H26N2OS. The molecule has 0 radical (unpaired) electrons. The van der Waals surface area contributed by atoms with Gasteiger partial charge < -0.3 is 10.1 Å². The van der Waals surface area contributed by atoms with E-state index in [2.05, 4.69) is 23.3 Å². The zero-order chi connectivity index (χ0) is 14.9. The predicted octanol–water partition coefficient (Wildman–Crippen LogP) is 5.47. The van der Waals surface area contributed by atoms with E-state index < -0.39 is 0 Å². The van der Waals surface area contributed by atoms with E-state index in [0.29, 0.717) is 6.61 Å². The highest BCUT2D eigenvalue weighted by Crippen LogP contribution is 2.29. The monoisotopic (exact) mass is 306 g/mol. The first kappa shape index (κ1) is 16.1. The number of nitrogens with one attached hydrogen (secondary N) is 1. The predicted molar refractivity (Wildman–Crippen MR) is 92.7 cm³/mol. The summed E-state index contributed by atoms with van der Waals surface area (Å²) in [5.74, 6) is 0.927. The largest absolute Gasteiger partial charge is 0.494 e. The fourth-order valence-corrected chi connectivity index (χ4v) is 3.26. The van der Waals surface area contributed by atoms with Crippen LogP contribution in [0.5, 0.6) is 5.75 Å². The lowest BCUT2D eigenvalue weighted by Crippen LogP contribution is -2.00. The summed E-state index contributed by atoms with van der Waals surface area (Å²) >= 11 is 1.71. The number of aromatic nitrogens is 1. The SMILES string of the molecule is CCCCCCCCNc1nc2ccc(OCC)cc2s1. The van der Waals surface area contributed by atoms with E-state index in [4.69, 9.17) is 4.74 Å². The topological polar surface area (TPSA) is 34.2 Å². The van der Waals surface area contributed by atoms with E-state index in [9.17, 15) is 0 Å². The lowest BCUT2D eigenvalue weighted by Gasteiger charge is -2.02. The number of rotatable bonds is 10. The van der Waals surface area contributed by atoms with Crippen LogP contribution in [0.2, 0.25) is 0 Å². The molecule has 1 N–H and O–H groups in total. The van der Waals surface area contributed by atoms with Crippen molar-refractivity contribution in [2.24, 2.45) is 0 Å². The molecule has 0 aliphatic carbocycles. The number of anilines is 1. The van der Waals surface area contributed by atoms with Crippen LogP contribution in [-0.2, 0) is 0 Å². The van der Waals surface area contributed by atoms with Crippen molar-refractivity contribution in [3.8, 4) is 5.75 Å². The van der Waals surface area contributed by atoms with Crippen LogP contribution in [0.1, 0.15) is 52.4 Å².